The van der Waals surface area contributed by atoms with Gasteiger partial charge in [-0.25, -0.2) is 4.98 Å². The van der Waals surface area contributed by atoms with Gasteiger partial charge in [0.15, 0.2) is 0 Å². The Bertz CT molecular complexity index is 428. The number of hydrogen-bond acceptors (Lipinski definition) is 3. The molecule has 0 aromatic carbocycles. The van der Waals surface area contributed by atoms with Crippen LogP contribution in [0.15, 0.2) is 18.3 Å². The van der Waals surface area contributed by atoms with E-state index in [9.17, 15) is 4.79 Å². The first-order chi connectivity index (χ1) is 8.95. The zero-order chi connectivity index (χ0) is 13.9. The number of nitrogens with one attached hydrogen (secondary N) is 2. The van der Waals surface area contributed by atoms with Gasteiger partial charge in [-0.3, -0.25) is 4.79 Å². The summed E-state index contributed by atoms with van der Waals surface area (Å²) in [6.07, 6.45) is 6.89. The zero-order valence-corrected chi connectivity index (χ0v) is 12.0. The van der Waals surface area contributed by atoms with Crippen molar-refractivity contribution in [2.75, 3.05) is 10.6 Å². The van der Waals surface area contributed by atoms with Crippen molar-refractivity contribution in [2.24, 2.45) is 5.41 Å². The maximum atomic E-state index is 11.8. The molecule has 1 amide bonds. The molecule has 0 bridgehead atoms. The first-order valence-electron chi connectivity index (χ1n) is 6.99. The lowest BCUT2D eigenvalue weighted by molar-refractivity contribution is -0.123. The van der Waals surface area contributed by atoms with Crippen LogP contribution in [-0.4, -0.2) is 16.9 Å². The Labute approximate surface area is 115 Å². The third-order valence-electron chi connectivity index (χ3n) is 3.41. The van der Waals surface area contributed by atoms with Crippen LogP contribution in [0.3, 0.4) is 0 Å². The molecule has 0 unspecified atom stereocenters. The summed E-state index contributed by atoms with van der Waals surface area (Å²) in [6, 6.07) is 4.40. The van der Waals surface area contributed by atoms with Crippen molar-refractivity contribution in [3.05, 3.63) is 18.3 Å². The number of aromatic nitrogens is 1. The molecule has 2 N–H and O–H groups in total. The Morgan fingerprint density at radius 3 is 2.47 bits per heavy atom. The largest absolute Gasteiger partial charge is 0.381 e. The number of pyridine rings is 1. The Morgan fingerprint density at radius 2 is 1.95 bits per heavy atom. The quantitative estimate of drug-likeness (QED) is 0.876. The van der Waals surface area contributed by atoms with E-state index in [2.05, 4.69) is 15.6 Å². The van der Waals surface area contributed by atoms with Crippen molar-refractivity contribution in [2.45, 2.75) is 52.5 Å². The standard InChI is InChI=1S/C15H23N3O/c1-15(2,3)14(19)18-13-9-8-12(10-16-13)17-11-6-4-5-7-11/h8-11,17H,4-7H2,1-3H3,(H,16,18,19). The summed E-state index contributed by atoms with van der Waals surface area (Å²) in [6.45, 7) is 5.66. The van der Waals surface area contributed by atoms with E-state index in [0.29, 0.717) is 11.9 Å². The molecule has 0 spiro atoms. The van der Waals surface area contributed by atoms with Crippen LogP contribution < -0.4 is 10.6 Å². The van der Waals surface area contributed by atoms with Crippen LogP contribution in [0.4, 0.5) is 11.5 Å². The molecule has 4 nitrogen and oxygen atoms in total. The van der Waals surface area contributed by atoms with Crippen molar-refractivity contribution in [3.8, 4) is 0 Å². The lowest BCUT2D eigenvalue weighted by Gasteiger charge is -2.17. The van der Waals surface area contributed by atoms with Gasteiger partial charge < -0.3 is 10.6 Å². The van der Waals surface area contributed by atoms with Crippen molar-refractivity contribution in [1.82, 2.24) is 4.98 Å². The molecular weight excluding hydrogens is 238 g/mol. The molecule has 1 fully saturated rings. The summed E-state index contributed by atoms with van der Waals surface area (Å²) in [7, 11) is 0. The van der Waals surface area contributed by atoms with Crippen LogP contribution in [-0.2, 0) is 4.79 Å². The van der Waals surface area contributed by atoms with Crippen molar-refractivity contribution in [3.63, 3.8) is 0 Å². The minimum Gasteiger partial charge on any atom is -0.381 e. The predicted molar refractivity (Wildman–Crippen MR) is 78.2 cm³/mol. The molecule has 4 heteroatoms. The molecule has 1 aromatic heterocycles. The molecule has 2 rings (SSSR count). The van der Waals surface area contributed by atoms with E-state index in [1.165, 1.54) is 25.7 Å². The van der Waals surface area contributed by atoms with Gasteiger partial charge in [-0.2, -0.15) is 0 Å². The number of carbonyl (C=O) groups excluding carboxylic acids is 1. The van der Waals surface area contributed by atoms with Gasteiger partial charge in [-0.1, -0.05) is 33.6 Å². The molecule has 0 atom stereocenters. The first-order valence-corrected chi connectivity index (χ1v) is 6.99. The second kappa shape index (κ2) is 5.59. The van der Waals surface area contributed by atoms with Gasteiger partial charge in [0.2, 0.25) is 5.91 Å². The van der Waals surface area contributed by atoms with Crippen molar-refractivity contribution in [1.29, 1.82) is 0 Å². The Hall–Kier alpha value is -1.58. The SMILES string of the molecule is CC(C)(C)C(=O)Nc1ccc(NC2CCCC2)cn1. The van der Waals surface area contributed by atoms with Gasteiger partial charge in [0, 0.05) is 11.5 Å². The van der Waals surface area contributed by atoms with Crippen LogP contribution >= 0.6 is 0 Å². The van der Waals surface area contributed by atoms with Crippen LogP contribution in [0.5, 0.6) is 0 Å². The third kappa shape index (κ3) is 3.94. The molecule has 0 radical (unpaired) electrons. The summed E-state index contributed by atoms with van der Waals surface area (Å²) < 4.78 is 0. The molecule has 0 aliphatic heterocycles. The van der Waals surface area contributed by atoms with Gasteiger partial charge in [0.25, 0.3) is 0 Å². The average molecular weight is 261 g/mol. The molecule has 0 saturated heterocycles. The highest BCUT2D eigenvalue weighted by Crippen LogP contribution is 2.22. The van der Waals surface area contributed by atoms with E-state index in [4.69, 9.17) is 0 Å². The fraction of sp³-hybridized carbons (Fsp3) is 0.600. The Balaban J connectivity index is 1.92. The molecule has 1 aliphatic carbocycles. The van der Waals surface area contributed by atoms with Crippen molar-refractivity contribution >= 4 is 17.4 Å². The number of nitrogens with zero attached hydrogens (tertiary/aromatic N) is 1. The lowest BCUT2D eigenvalue weighted by Crippen LogP contribution is -2.28. The minimum absolute atomic E-state index is 0.0171. The smallest absolute Gasteiger partial charge is 0.230 e. The maximum absolute atomic E-state index is 11.8. The lowest BCUT2D eigenvalue weighted by atomic mass is 9.96. The summed E-state index contributed by atoms with van der Waals surface area (Å²) in [4.78, 5) is 16.1. The molecule has 1 aromatic rings. The number of anilines is 2. The van der Waals surface area contributed by atoms with Gasteiger partial charge in [0.1, 0.15) is 5.82 Å². The maximum Gasteiger partial charge on any atom is 0.230 e. The van der Waals surface area contributed by atoms with E-state index in [1.807, 2.05) is 32.9 Å². The Kier molecular flexibility index (Phi) is 4.08. The molecular formula is C15H23N3O. The topological polar surface area (TPSA) is 54.0 Å². The van der Waals surface area contributed by atoms with Crippen molar-refractivity contribution < 1.29 is 4.79 Å². The average Bonchev–Trinajstić information content (AvgIpc) is 2.83. The summed E-state index contributed by atoms with van der Waals surface area (Å²) in [5.41, 5.74) is 0.628. The van der Waals surface area contributed by atoms with Crippen LogP contribution in [0.2, 0.25) is 0 Å². The minimum atomic E-state index is -0.400. The van der Waals surface area contributed by atoms with Crippen LogP contribution in [0.25, 0.3) is 0 Å². The fourth-order valence-corrected chi connectivity index (χ4v) is 2.16. The van der Waals surface area contributed by atoms with Crippen LogP contribution in [0, 0.1) is 5.41 Å². The molecule has 104 valence electrons. The molecule has 19 heavy (non-hydrogen) atoms. The first kappa shape index (κ1) is 13.8. The van der Waals surface area contributed by atoms with E-state index in [-0.39, 0.29) is 5.91 Å². The Morgan fingerprint density at radius 1 is 1.26 bits per heavy atom. The number of rotatable bonds is 3. The molecule has 1 saturated carbocycles. The van der Waals surface area contributed by atoms with Crippen LogP contribution in [0.1, 0.15) is 46.5 Å². The summed E-state index contributed by atoms with van der Waals surface area (Å²) in [5, 5.41) is 6.30. The number of carbonyl (C=O) groups is 1. The second-order valence-corrected chi connectivity index (χ2v) is 6.26. The van der Waals surface area contributed by atoms with E-state index in [0.717, 1.165) is 5.69 Å². The highest BCUT2D eigenvalue weighted by Gasteiger charge is 2.21. The normalized spacial score (nSPS) is 16.4. The number of amides is 1. The van der Waals surface area contributed by atoms with E-state index < -0.39 is 5.41 Å². The zero-order valence-electron chi connectivity index (χ0n) is 12.0. The summed E-state index contributed by atoms with van der Waals surface area (Å²) in [5.74, 6) is 0.591. The monoisotopic (exact) mass is 261 g/mol. The highest BCUT2D eigenvalue weighted by molar-refractivity contribution is 5.93. The van der Waals surface area contributed by atoms with Gasteiger partial charge >= 0.3 is 0 Å². The van der Waals surface area contributed by atoms with Gasteiger partial charge in [-0.15, -0.1) is 0 Å². The van der Waals surface area contributed by atoms with E-state index >= 15 is 0 Å². The fourth-order valence-electron chi connectivity index (χ4n) is 2.16. The third-order valence-corrected chi connectivity index (χ3v) is 3.41. The second-order valence-electron chi connectivity index (χ2n) is 6.26. The summed E-state index contributed by atoms with van der Waals surface area (Å²) >= 11 is 0. The van der Waals surface area contributed by atoms with Gasteiger partial charge in [0.05, 0.1) is 11.9 Å². The van der Waals surface area contributed by atoms with E-state index in [1.54, 1.807) is 6.20 Å². The molecule has 1 heterocycles. The highest BCUT2D eigenvalue weighted by atomic mass is 16.2. The van der Waals surface area contributed by atoms with Gasteiger partial charge in [-0.05, 0) is 25.0 Å². The predicted octanol–water partition coefficient (Wildman–Crippen LogP) is 3.42. The molecule has 1 aliphatic rings. The number of hydrogen-bond donors (Lipinski definition) is 2.